The Bertz CT molecular complexity index is 406. The summed E-state index contributed by atoms with van der Waals surface area (Å²) in [6.45, 7) is 8.62. The zero-order valence-corrected chi connectivity index (χ0v) is 11.8. The minimum Gasteiger partial charge on any atom is -0.507 e. The van der Waals surface area contributed by atoms with Crippen molar-refractivity contribution in [3.05, 3.63) is 28.8 Å². The molecule has 2 rings (SSSR count). The van der Waals surface area contributed by atoms with Crippen LogP contribution in [0.15, 0.2) is 12.1 Å². The SMILES string of the molecule is Cc1ccc(C(C)C)c(CC2CCCNC2)c1O. The number of piperidine rings is 1. The molecule has 100 valence electrons. The molecule has 0 saturated carbocycles. The van der Waals surface area contributed by atoms with Gasteiger partial charge in [-0.3, -0.25) is 0 Å². The zero-order valence-electron chi connectivity index (χ0n) is 11.8. The van der Waals surface area contributed by atoms with Crippen molar-refractivity contribution in [2.75, 3.05) is 13.1 Å². The zero-order chi connectivity index (χ0) is 13.1. The van der Waals surface area contributed by atoms with Crippen LogP contribution in [-0.4, -0.2) is 18.2 Å². The molecule has 1 fully saturated rings. The van der Waals surface area contributed by atoms with Crippen LogP contribution in [0.5, 0.6) is 5.75 Å². The van der Waals surface area contributed by atoms with E-state index in [1.807, 2.05) is 13.0 Å². The fraction of sp³-hybridized carbons (Fsp3) is 0.625. The fourth-order valence-corrected chi connectivity index (χ4v) is 2.91. The van der Waals surface area contributed by atoms with E-state index in [2.05, 4.69) is 25.2 Å². The van der Waals surface area contributed by atoms with Gasteiger partial charge in [-0.15, -0.1) is 0 Å². The first-order chi connectivity index (χ1) is 8.59. The predicted molar refractivity (Wildman–Crippen MR) is 76.2 cm³/mol. The highest BCUT2D eigenvalue weighted by atomic mass is 16.3. The van der Waals surface area contributed by atoms with E-state index >= 15 is 0 Å². The molecule has 2 heteroatoms. The first kappa shape index (κ1) is 13.4. The van der Waals surface area contributed by atoms with Crippen LogP contribution in [0.25, 0.3) is 0 Å². The van der Waals surface area contributed by atoms with Gasteiger partial charge in [-0.25, -0.2) is 0 Å². The average Bonchev–Trinajstić information content (AvgIpc) is 2.36. The van der Waals surface area contributed by atoms with Crippen LogP contribution in [0.3, 0.4) is 0 Å². The lowest BCUT2D eigenvalue weighted by molar-refractivity contribution is 0.368. The smallest absolute Gasteiger partial charge is 0.121 e. The van der Waals surface area contributed by atoms with E-state index in [1.165, 1.54) is 24.0 Å². The third-order valence-electron chi connectivity index (χ3n) is 4.03. The lowest BCUT2D eigenvalue weighted by Crippen LogP contribution is -2.31. The second kappa shape index (κ2) is 5.75. The highest BCUT2D eigenvalue weighted by molar-refractivity contribution is 5.46. The van der Waals surface area contributed by atoms with Crippen LogP contribution in [0.1, 0.15) is 49.3 Å². The molecule has 1 aliphatic heterocycles. The van der Waals surface area contributed by atoms with Crippen LogP contribution >= 0.6 is 0 Å². The maximum absolute atomic E-state index is 10.3. The summed E-state index contributed by atoms with van der Waals surface area (Å²) in [5.74, 6) is 1.67. The highest BCUT2D eigenvalue weighted by Gasteiger charge is 2.19. The van der Waals surface area contributed by atoms with Crippen LogP contribution in [0, 0.1) is 12.8 Å². The van der Waals surface area contributed by atoms with Crippen molar-refractivity contribution in [1.82, 2.24) is 5.32 Å². The maximum atomic E-state index is 10.3. The van der Waals surface area contributed by atoms with Crippen molar-refractivity contribution in [3.8, 4) is 5.75 Å². The summed E-state index contributed by atoms with van der Waals surface area (Å²) < 4.78 is 0. The highest BCUT2D eigenvalue weighted by Crippen LogP contribution is 2.33. The number of benzene rings is 1. The monoisotopic (exact) mass is 247 g/mol. The van der Waals surface area contributed by atoms with Gasteiger partial charge < -0.3 is 10.4 Å². The summed E-state index contributed by atoms with van der Waals surface area (Å²) in [6, 6.07) is 4.22. The van der Waals surface area contributed by atoms with Crippen LogP contribution in [-0.2, 0) is 6.42 Å². The minimum absolute atomic E-state index is 0.475. The summed E-state index contributed by atoms with van der Waals surface area (Å²) >= 11 is 0. The second-order valence-corrected chi connectivity index (χ2v) is 5.87. The molecule has 1 heterocycles. The van der Waals surface area contributed by atoms with Gasteiger partial charge in [0.1, 0.15) is 5.75 Å². The van der Waals surface area contributed by atoms with E-state index in [4.69, 9.17) is 0 Å². The minimum atomic E-state index is 0.475. The summed E-state index contributed by atoms with van der Waals surface area (Å²) in [5.41, 5.74) is 3.49. The number of phenolic OH excluding ortho intramolecular Hbond substituents is 1. The first-order valence-corrected chi connectivity index (χ1v) is 7.11. The van der Waals surface area contributed by atoms with Gasteiger partial charge in [0.15, 0.2) is 0 Å². The Hall–Kier alpha value is -1.02. The molecule has 0 aromatic heterocycles. The largest absolute Gasteiger partial charge is 0.507 e. The van der Waals surface area contributed by atoms with Crippen molar-refractivity contribution >= 4 is 0 Å². The van der Waals surface area contributed by atoms with Crippen LogP contribution in [0.2, 0.25) is 0 Å². The summed E-state index contributed by atoms with van der Waals surface area (Å²) in [6.07, 6.45) is 3.54. The molecule has 1 saturated heterocycles. The molecule has 1 aromatic carbocycles. The van der Waals surface area contributed by atoms with Crippen molar-refractivity contribution in [1.29, 1.82) is 0 Å². The van der Waals surface area contributed by atoms with Crippen molar-refractivity contribution in [2.45, 2.75) is 46.0 Å². The van der Waals surface area contributed by atoms with Gasteiger partial charge in [0.05, 0.1) is 0 Å². The lowest BCUT2D eigenvalue weighted by Gasteiger charge is -2.25. The number of hydrogen-bond donors (Lipinski definition) is 2. The molecule has 1 aromatic rings. The summed E-state index contributed by atoms with van der Waals surface area (Å²) in [4.78, 5) is 0. The Morgan fingerprint density at radius 1 is 1.39 bits per heavy atom. The predicted octanol–water partition coefficient (Wildman–Crippen LogP) is 3.37. The number of aryl methyl sites for hydroxylation is 1. The Kier molecular flexibility index (Phi) is 4.28. The molecule has 0 radical (unpaired) electrons. The normalized spacial score (nSPS) is 20.3. The number of nitrogens with one attached hydrogen (secondary N) is 1. The van der Waals surface area contributed by atoms with Crippen molar-refractivity contribution < 1.29 is 5.11 Å². The standard InChI is InChI=1S/C16H25NO/c1-11(2)14-7-6-12(3)16(18)15(14)9-13-5-4-8-17-10-13/h6-7,11,13,17-18H,4-5,8-10H2,1-3H3. The van der Waals surface area contributed by atoms with Gasteiger partial charge in [-0.1, -0.05) is 26.0 Å². The summed E-state index contributed by atoms with van der Waals surface area (Å²) in [7, 11) is 0. The Labute approximate surface area is 110 Å². The van der Waals surface area contributed by atoms with Crippen molar-refractivity contribution in [2.24, 2.45) is 5.92 Å². The topological polar surface area (TPSA) is 32.3 Å². The molecule has 1 unspecified atom stereocenters. The number of rotatable bonds is 3. The molecule has 0 aliphatic carbocycles. The van der Waals surface area contributed by atoms with Crippen LogP contribution < -0.4 is 5.32 Å². The van der Waals surface area contributed by atoms with Gasteiger partial charge in [-0.2, -0.15) is 0 Å². The second-order valence-electron chi connectivity index (χ2n) is 5.87. The van der Waals surface area contributed by atoms with Gasteiger partial charge in [0, 0.05) is 0 Å². The number of aromatic hydroxyl groups is 1. The van der Waals surface area contributed by atoms with Crippen molar-refractivity contribution in [3.63, 3.8) is 0 Å². The van der Waals surface area contributed by atoms with E-state index in [9.17, 15) is 5.11 Å². The third kappa shape index (κ3) is 2.86. The fourth-order valence-electron chi connectivity index (χ4n) is 2.91. The molecule has 0 spiro atoms. The Balaban J connectivity index is 2.26. The molecule has 0 amide bonds. The Morgan fingerprint density at radius 2 is 2.17 bits per heavy atom. The van der Waals surface area contributed by atoms with Crippen LogP contribution in [0.4, 0.5) is 0 Å². The van der Waals surface area contributed by atoms with Gasteiger partial charge >= 0.3 is 0 Å². The van der Waals surface area contributed by atoms with Gasteiger partial charge in [0.2, 0.25) is 0 Å². The lowest BCUT2D eigenvalue weighted by atomic mass is 9.86. The van der Waals surface area contributed by atoms with E-state index in [0.29, 0.717) is 17.6 Å². The molecular weight excluding hydrogens is 222 g/mol. The van der Waals surface area contributed by atoms with Gasteiger partial charge in [0.25, 0.3) is 0 Å². The molecule has 2 nitrogen and oxygen atoms in total. The third-order valence-corrected chi connectivity index (χ3v) is 4.03. The Morgan fingerprint density at radius 3 is 2.78 bits per heavy atom. The molecule has 18 heavy (non-hydrogen) atoms. The molecule has 1 atom stereocenters. The van der Waals surface area contributed by atoms with E-state index in [-0.39, 0.29) is 0 Å². The average molecular weight is 247 g/mol. The van der Waals surface area contributed by atoms with E-state index in [1.54, 1.807) is 0 Å². The molecule has 2 N–H and O–H groups in total. The number of phenols is 1. The number of hydrogen-bond acceptors (Lipinski definition) is 2. The summed E-state index contributed by atoms with van der Waals surface area (Å²) in [5, 5.41) is 13.8. The molecular formula is C16H25NO. The maximum Gasteiger partial charge on any atom is 0.121 e. The first-order valence-electron chi connectivity index (χ1n) is 7.11. The van der Waals surface area contributed by atoms with E-state index < -0.39 is 0 Å². The molecule has 1 aliphatic rings. The van der Waals surface area contributed by atoms with Gasteiger partial charge in [-0.05, 0) is 67.8 Å². The molecule has 0 bridgehead atoms. The quantitative estimate of drug-likeness (QED) is 0.858. The van der Waals surface area contributed by atoms with E-state index in [0.717, 1.165) is 25.1 Å².